The number of aromatic carboxylic acids is 1. The molecule has 0 spiro atoms. The van der Waals surface area contributed by atoms with Crippen LogP contribution in [0.15, 0.2) is 12.3 Å². The number of nitrogens with zero attached hydrogens (tertiary/aromatic N) is 2. The third-order valence-corrected chi connectivity index (χ3v) is 3.34. The van der Waals surface area contributed by atoms with E-state index in [1.165, 1.54) is 6.20 Å². The van der Waals surface area contributed by atoms with E-state index in [2.05, 4.69) is 22.2 Å². The van der Waals surface area contributed by atoms with E-state index in [0.717, 1.165) is 31.7 Å². The maximum atomic E-state index is 11.1. The number of likely N-dealkylation sites (tertiary alicyclic amines) is 1. The first kappa shape index (κ1) is 12.8. The van der Waals surface area contributed by atoms with Crippen molar-refractivity contribution in [2.45, 2.75) is 13.3 Å². The number of carboxylic acids is 1. The number of carbonyl (C=O) groups is 1. The maximum absolute atomic E-state index is 11.1. The van der Waals surface area contributed by atoms with Crippen LogP contribution in [0, 0.1) is 12.8 Å². The number of hydrogen-bond donors (Lipinski definition) is 2. The van der Waals surface area contributed by atoms with Gasteiger partial charge in [0.2, 0.25) is 0 Å². The number of nitrogens with one attached hydrogen (secondary N) is 1. The van der Waals surface area contributed by atoms with Crippen LogP contribution in [0.25, 0.3) is 0 Å². The number of aryl methyl sites for hydroxylation is 1. The molecular formula is C13H19N3O2. The Kier molecular flexibility index (Phi) is 3.81. The Labute approximate surface area is 107 Å². The highest BCUT2D eigenvalue weighted by Crippen LogP contribution is 2.19. The van der Waals surface area contributed by atoms with E-state index in [1.807, 2.05) is 6.92 Å². The van der Waals surface area contributed by atoms with E-state index in [-0.39, 0.29) is 5.56 Å². The fourth-order valence-electron chi connectivity index (χ4n) is 2.32. The standard InChI is InChI=1S/C13H19N3O2/c1-9-5-12(11(7-14-9)13(17)18)15-6-10-3-4-16(2)8-10/h5,7,10H,3-4,6,8H2,1-2H3,(H,14,15)(H,17,18). The summed E-state index contributed by atoms with van der Waals surface area (Å²) in [6.45, 7) is 4.86. The molecule has 2 heterocycles. The topological polar surface area (TPSA) is 65.5 Å². The molecule has 5 nitrogen and oxygen atoms in total. The van der Waals surface area contributed by atoms with Crippen molar-refractivity contribution in [2.75, 3.05) is 32.0 Å². The fraction of sp³-hybridized carbons (Fsp3) is 0.538. The summed E-state index contributed by atoms with van der Waals surface area (Å²) in [4.78, 5) is 17.4. The molecule has 1 aliphatic rings. The Hall–Kier alpha value is -1.62. The number of rotatable bonds is 4. The molecule has 2 rings (SSSR count). The molecule has 2 N–H and O–H groups in total. The molecule has 0 bridgehead atoms. The van der Waals surface area contributed by atoms with Gasteiger partial charge in [0.15, 0.2) is 0 Å². The van der Waals surface area contributed by atoms with Gasteiger partial charge in [0.25, 0.3) is 0 Å². The summed E-state index contributed by atoms with van der Waals surface area (Å²) in [5.74, 6) is -0.348. The highest BCUT2D eigenvalue weighted by molar-refractivity contribution is 5.93. The Balaban J connectivity index is 2.04. The summed E-state index contributed by atoms with van der Waals surface area (Å²) in [6.07, 6.45) is 2.58. The zero-order valence-electron chi connectivity index (χ0n) is 10.8. The van der Waals surface area contributed by atoms with Crippen molar-refractivity contribution in [3.8, 4) is 0 Å². The van der Waals surface area contributed by atoms with E-state index < -0.39 is 5.97 Å². The van der Waals surface area contributed by atoms with Crippen molar-refractivity contribution >= 4 is 11.7 Å². The zero-order valence-corrected chi connectivity index (χ0v) is 10.8. The Morgan fingerprint density at radius 3 is 3.06 bits per heavy atom. The smallest absolute Gasteiger partial charge is 0.339 e. The van der Waals surface area contributed by atoms with Gasteiger partial charge in [-0.3, -0.25) is 4.98 Å². The van der Waals surface area contributed by atoms with Crippen molar-refractivity contribution < 1.29 is 9.90 Å². The van der Waals surface area contributed by atoms with Crippen LogP contribution in [0.5, 0.6) is 0 Å². The minimum absolute atomic E-state index is 0.243. The molecule has 0 saturated carbocycles. The highest BCUT2D eigenvalue weighted by atomic mass is 16.4. The average Bonchev–Trinajstić information content (AvgIpc) is 2.72. The lowest BCUT2D eigenvalue weighted by molar-refractivity contribution is 0.0697. The molecule has 1 saturated heterocycles. The molecule has 98 valence electrons. The van der Waals surface area contributed by atoms with E-state index >= 15 is 0 Å². The van der Waals surface area contributed by atoms with Crippen molar-refractivity contribution in [3.05, 3.63) is 23.5 Å². The van der Waals surface area contributed by atoms with Crippen LogP contribution >= 0.6 is 0 Å². The fourth-order valence-corrected chi connectivity index (χ4v) is 2.32. The molecule has 1 aliphatic heterocycles. The second-order valence-electron chi connectivity index (χ2n) is 4.97. The van der Waals surface area contributed by atoms with E-state index in [4.69, 9.17) is 5.11 Å². The van der Waals surface area contributed by atoms with Gasteiger partial charge in [0.1, 0.15) is 5.56 Å². The van der Waals surface area contributed by atoms with Crippen LogP contribution in [0.2, 0.25) is 0 Å². The summed E-state index contributed by atoms with van der Waals surface area (Å²) in [6, 6.07) is 1.79. The van der Waals surface area contributed by atoms with E-state index in [0.29, 0.717) is 11.6 Å². The van der Waals surface area contributed by atoms with Crippen LogP contribution in [0.4, 0.5) is 5.69 Å². The van der Waals surface area contributed by atoms with Gasteiger partial charge < -0.3 is 15.3 Å². The number of pyridine rings is 1. The summed E-state index contributed by atoms with van der Waals surface area (Å²) >= 11 is 0. The number of hydrogen-bond acceptors (Lipinski definition) is 4. The molecule has 0 aliphatic carbocycles. The molecule has 0 aromatic carbocycles. The van der Waals surface area contributed by atoms with Gasteiger partial charge in [-0.1, -0.05) is 0 Å². The first-order valence-corrected chi connectivity index (χ1v) is 6.18. The van der Waals surface area contributed by atoms with Crippen molar-refractivity contribution in [2.24, 2.45) is 5.92 Å². The summed E-state index contributed by atoms with van der Waals surface area (Å²) in [5, 5.41) is 12.4. The molecule has 18 heavy (non-hydrogen) atoms. The zero-order chi connectivity index (χ0) is 13.1. The minimum Gasteiger partial charge on any atom is -0.478 e. The molecule has 1 unspecified atom stereocenters. The van der Waals surface area contributed by atoms with Gasteiger partial charge in [0.05, 0.1) is 5.69 Å². The monoisotopic (exact) mass is 249 g/mol. The van der Waals surface area contributed by atoms with Gasteiger partial charge >= 0.3 is 5.97 Å². The lowest BCUT2D eigenvalue weighted by Gasteiger charge is -2.14. The van der Waals surface area contributed by atoms with Gasteiger partial charge in [-0.2, -0.15) is 0 Å². The molecule has 1 atom stereocenters. The SMILES string of the molecule is Cc1cc(NCC2CCN(C)C2)c(C(=O)O)cn1. The van der Waals surface area contributed by atoms with E-state index in [1.54, 1.807) is 6.07 Å². The quantitative estimate of drug-likeness (QED) is 0.845. The molecule has 1 aromatic rings. The van der Waals surface area contributed by atoms with Crippen LogP contribution in [0.3, 0.4) is 0 Å². The maximum Gasteiger partial charge on any atom is 0.339 e. The van der Waals surface area contributed by atoms with Gasteiger partial charge in [-0.05, 0) is 38.9 Å². The molecule has 5 heteroatoms. The molecule has 1 fully saturated rings. The summed E-state index contributed by atoms with van der Waals surface area (Å²) in [7, 11) is 2.11. The lowest BCUT2D eigenvalue weighted by Crippen LogP contribution is -2.20. The minimum atomic E-state index is -0.937. The van der Waals surface area contributed by atoms with Crippen molar-refractivity contribution in [1.29, 1.82) is 0 Å². The van der Waals surface area contributed by atoms with Crippen LogP contribution in [-0.2, 0) is 0 Å². The van der Waals surface area contributed by atoms with Crippen LogP contribution in [-0.4, -0.2) is 47.6 Å². The van der Waals surface area contributed by atoms with Crippen LogP contribution in [0.1, 0.15) is 22.5 Å². The van der Waals surface area contributed by atoms with Crippen molar-refractivity contribution in [3.63, 3.8) is 0 Å². The second kappa shape index (κ2) is 5.35. The van der Waals surface area contributed by atoms with Gasteiger partial charge in [-0.25, -0.2) is 4.79 Å². The Bertz CT molecular complexity index is 448. The lowest BCUT2D eigenvalue weighted by atomic mass is 10.1. The van der Waals surface area contributed by atoms with Crippen LogP contribution < -0.4 is 5.32 Å². The Morgan fingerprint density at radius 1 is 1.67 bits per heavy atom. The number of anilines is 1. The third-order valence-electron chi connectivity index (χ3n) is 3.34. The third kappa shape index (κ3) is 2.98. The molecular weight excluding hydrogens is 230 g/mol. The Morgan fingerprint density at radius 2 is 2.44 bits per heavy atom. The average molecular weight is 249 g/mol. The van der Waals surface area contributed by atoms with Gasteiger partial charge in [0, 0.05) is 25.0 Å². The molecule has 1 aromatic heterocycles. The molecule has 0 amide bonds. The normalized spacial score (nSPS) is 20.0. The van der Waals surface area contributed by atoms with Gasteiger partial charge in [-0.15, -0.1) is 0 Å². The van der Waals surface area contributed by atoms with Crippen molar-refractivity contribution in [1.82, 2.24) is 9.88 Å². The number of carboxylic acid groups (broad SMARTS) is 1. The molecule has 0 radical (unpaired) electrons. The first-order chi connectivity index (χ1) is 8.56. The highest BCUT2D eigenvalue weighted by Gasteiger charge is 2.20. The first-order valence-electron chi connectivity index (χ1n) is 6.18. The largest absolute Gasteiger partial charge is 0.478 e. The number of aromatic nitrogens is 1. The summed E-state index contributed by atoms with van der Waals surface area (Å²) < 4.78 is 0. The predicted molar refractivity (Wildman–Crippen MR) is 70.0 cm³/mol. The second-order valence-corrected chi connectivity index (χ2v) is 4.97. The van der Waals surface area contributed by atoms with E-state index in [9.17, 15) is 4.79 Å². The summed E-state index contributed by atoms with van der Waals surface area (Å²) in [5.41, 5.74) is 1.74. The predicted octanol–water partition coefficient (Wildman–Crippen LogP) is 1.45.